The highest BCUT2D eigenvalue weighted by Crippen LogP contribution is 2.29. The quantitative estimate of drug-likeness (QED) is 0.598. The number of hydrogen-bond donors (Lipinski definition) is 2. The Morgan fingerprint density at radius 3 is 2.62 bits per heavy atom. The molecule has 118 valence electrons. The van der Waals surface area contributed by atoms with E-state index in [1.54, 1.807) is 6.92 Å². The topological polar surface area (TPSA) is 73.6 Å². The first-order chi connectivity index (χ1) is 9.88. The van der Waals surface area contributed by atoms with Crippen molar-refractivity contribution in [3.8, 4) is 5.75 Å². The van der Waals surface area contributed by atoms with Gasteiger partial charge in [0.05, 0.1) is 25.1 Å². The number of halogens is 1. The summed E-state index contributed by atoms with van der Waals surface area (Å²) < 4.78 is 23.6. The number of nitrogens with one attached hydrogen (secondary N) is 1. The number of esters is 1. The molecule has 5 nitrogen and oxygen atoms in total. The van der Waals surface area contributed by atoms with E-state index in [2.05, 4.69) is 5.32 Å². The number of ether oxygens (including phenoxy) is 2. The van der Waals surface area contributed by atoms with Crippen molar-refractivity contribution >= 4 is 17.3 Å². The van der Waals surface area contributed by atoms with E-state index in [0.29, 0.717) is 18.7 Å². The Bertz CT molecular complexity index is 492. The predicted octanol–water partition coefficient (Wildman–Crippen LogP) is 2.81. The Balaban J connectivity index is 3.02. The van der Waals surface area contributed by atoms with Crippen LogP contribution in [0, 0.1) is 11.7 Å². The van der Waals surface area contributed by atoms with Gasteiger partial charge in [-0.3, -0.25) is 0 Å². The van der Waals surface area contributed by atoms with E-state index in [0.717, 1.165) is 0 Å². The van der Waals surface area contributed by atoms with Crippen LogP contribution in [0.25, 0.3) is 0 Å². The Morgan fingerprint density at radius 1 is 1.43 bits per heavy atom. The Morgan fingerprint density at radius 2 is 2.10 bits per heavy atom. The Hall–Kier alpha value is -1.98. The molecule has 0 amide bonds. The molecule has 0 bridgehead atoms. The van der Waals surface area contributed by atoms with Crippen molar-refractivity contribution in [2.24, 2.45) is 5.92 Å². The standard InChI is InChI=1S/C15H23FN2O3/c1-5-21-14-8-12(11(17)7-10(14)16)18-13(6-9(2)3)15(19)20-4/h7-9,13,18H,5-6,17H2,1-4H3. The predicted molar refractivity (Wildman–Crippen MR) is 80.9 cm³/mol. The van der Waals surface area contributed by atoms with Gasteiger partial charge in [0, 0.05) is 12.1 Å². The number of benzene rings is 1. The van der Waals surface area contributed by atoms with Gasteiger partial charge >= 0.3 is 5.97 Å². The number of anilines is 2. The number of hydrogen-bond acceptors (Lipinski definition) is 5. The fraction of sp³-hybridized carbons (Fsp3) is 0.533. The zero-order valence-electron chi connectivity index (χ0n) is 12.9. The summed E-state index contributed by atoms with van der Waals surface area (Å²) in [6, 6.07) is 2.10. The van der Waals surface area contributed by atoms with E-state index in [9.17, 15) is 9.18 Å². The average Bonchev–Trinajstić information content (AvgIpc) is 2.41. The largest absolute Gasteiger partial charge is 0.491 e. The third-order valence-corrected chi connectivity index (χ3v) is 2.93. The maximum atomic E-state index is 13.7. The molecule has 1 rings (SSSR count). The van der Waals surface area contributed by atoms with Crippen LogP contribution in [-0.2, 0) is 9.53 Å². The first kappa shape index (κ1) is 17.1. The molecule has 1 unspecified atom stereocenters. The van der Waals surface area contributed by atoms with Gasteiger partial charge in [-0.15, -0.1) is 0 Å². The minimum Gasteiger partial charge on any atom is -0.491 e. The monoisotopic (exact) mass is 298 g/mol. The molecule has 0 aliphatic heterocycles. The fourth-order valence-electron chi connectivity index (χ4n) is 1.98. The summed E-state index contributed by atoms with van der Waals surface area (Å²) >= 11 is 0. The number of nitrogens with two attached hydrogens (primary N) is 1. The molecule has 0 spiro atoms. The maximum absolute atomic E-state index is 13.7. The molecule has 0 heterocycles. The summed E-state index contributed by atoms with van der Waals surface area (Å²) in [7, 11) is 1.33. The second kappa shape index (κ2) is 7.71. The Labute approximate surface area is 124 Å². The van der Waals surface area contributed by atoms with Crippen LogP contribution in [-0.4, -0.2) is 25.7 Å². The first-order valence-corrected chi connectivity index (χ1v) is 6.95. The van der Waals surface area contributed by atoms with Crippen molar-refractivity contribution in [1.82, 2.24) is 0 Å². The molecule has 0 fully saturated rings. The lowest BCUT2D eigenvalue weighted by molar-refractivity contribution is -0.141. The number of rotatable bonds is 7. The highest BCUT2D eigenvalue weighted by Gasteiger charge is 2.22. The van der Waals surface area contributed by atoms with Gasteiger partial charge in [-0.2, -0.15) is 0 Å². The average molecular weight is 298 g/mol. The molecule has 21 heavy (non-hydrogen) atoms. The number of nitrogen functional groups attached to an aromatic ring is 1. The van der Waals surface area contributed by atoms with E-state index in [-0.39, 0.29) is 23.3 Å². The molecule has 0 radical (unpaired) electrons. The SMILES string of the molecule is CCOc1cc(NC(CC(C)C)C(=O)OC)c(N)cc1F. The van der Waals surface area contributed by atoms with Crippen molar-refractivity contribution in [2.75, 3.05) is 24.8 Å². The minimum atomic E-state index is -0.544. The summed E-state index contributed by atoms with van der Waals surface area (Å²) in [5, 5.41) is 3.01. The van der Waals surface area contributed by atoms with E-state index in [1.807, 2.05) is 13.8 Å². The number of methoxy groups -OCH3 is 1. The van der Waals surface area contributed by atoms with Gasteiger partial charge in [-0.25, -0.2) is 9.18 Å². The van der Waals surface area contributed by atoms with Crippen molar-refractivity contribution in [3.05, 3.63) is 17.9 Å². The molecule has 1 aromatic rings. The van der Waals surface area contributed by atoms with Crippen molar-refractivity contribution in [1.29, 1.82) is 0 Å². The summed E-state index contributed by atoms with van der Waals surface area (Å²) in [4.78, 5) is 11.8. The van der Waals surface area contributed by atoms with Gasteiger partial charge in [0.15, 0.2) is 11.6 Å². The van der Waals surface area contributed by atoms with E-state index >= 15 is 0 Å². The van der Waals surface area contributed by atoms with Gasteiger partial charge in [0.1, 0.15) is 6.04 Å². The molecule has 1 aromatic carbocycles. The van der Waals surface area contributed by atoms with Gasteiger partial charge in [-0.05, 0) is 19.3 Å². The number of carbonyl (C=O) groups is 1. The number of carbonyl (C=O) groups excluding carboxylic acids is 1. The molecule has 1 atom stereocenters. The molecular formula is C15H23FN2O3. The van der Waals surface area contributed by atoms with Crippen LogP contribution in [0.3, 0.4) is 0 Å². The van der Waals surface area contributed by atoms with Crippen molar-refractivity contribution in [2.45, 2.75) is 33.2 Å². The van der Waals surface area contributed by atoms with Crippen LogP contribution >= 0.6 is 0 Å². The molecular weight excluding hydrogens is 275 g/mol. The van der Waals surface area contributed by atoms with Crippen LogP contribution in [0.1, 0.15) is 27.2 Å². The third-order valence-electron chi connectivity index (χ3n) is 2.93. The highest BCUT2D eigenvalue weighted by molar-refractivity contribution is 5.81. The van der Waals surface area contributed by atoms with E-state index in [1.165, 1.54) is 19.2 Å². The lowest BCUT2D eigenvalue weighted by Gasteiger charge is -2.21. The van der Waals surface area contributed by atoms with Crippen LogP contribution in [0.4, 0.5) is 15.8 Å². The van der Waals surface area contributed by atoms with Crippen LogP contribution in [0.15, 0.2) is 12.1 Å². The second-order valence-electron chi connectivity index (χ2n) is 5.15. The van der Waals surface area contributed by atoms with Gasteiger partial charge in [0.2, 0.25) is 0 Å². The van der Waals surface area contributed by atoms with E-state index < -0.39 is 11.9 Å². The van der Waals surface area contributed by atoms with Crippen molar-refractivity contribution < 1.29 is 18.7 Å². The fourth-order valence-corrected chi connectivity index (χ4v) is 1.98. The maximum Gasteiger partial charge on any atom is 0.328 e. The molecule has 0 saturated carbocycles. The highest BCUT2D eigenvalue weighted by atomic mass is 19.1. The third kappa shape index (κ3) is 4.81. The molecule has 0 aromatic heterocycles. The Kier molecular flexibility index (Phi) is 6.27. The summed E-state index contributed by atoms with van der Waals surface area (Å²) in [5.41, 5.74) is 6.47. The normalized spacial score (nSPS) is 12.1. The molecule has 0 aliphatic rings. The molecule has 3 N–H and O–H groups in total. The van der Waals surface area contributed by atoms with Gasteiger partial charge < -0.3 is 20.5 Å². The minimum absolute atomic E-state index is 0.0994. The van der Waals surface area contributed by atoms with Gasteiger partial charge in [-0.1, -0.05) is 13.8 Å². The van der Waals surface area contributed by atoms with Crippen LogP contribution in [0.5, 0.6) is 5.75 Å². The molecule has 0 aliphatic carbocycles. The van der Waals surface area contributed by atoms with Crippen LogP contribution in [0.2, 0.25) is 0 Å². The summed E-state index contributed by atoms with van der Waals surface area (Å²) in [5.74, 6) is -0.527. The molecule has 0 saturated heterocycles. The lowest BCUT2D eigenvalue weighted by atomic mass is 10.0. The molecule has 6 heteroatoms. The van der Waals surface area contributed by atoms with Gasteiger partial charge in [0.25, 0.3) is 0 Å². The smallest absolute Gasteiger partial charge is 0.328 e. The summed E-state index contributed by atoms with van der Waals surface area (Å²) in [6.07, 6.45) is 0.577. The zero-order valence-corrected chi connectivity index (χ0v) is 12.9. The first-order valence-electron chi connectivity index (χ1n) is 6.95. The van der Waals surface area contributed by atoms with Crippen LogP contribution < -0.4 is 15.8 Å². The zero-order chi connectivity index (χ0) is 16.0. The van der Waals surface area contributed by atoms with E-state index in [4.69, 9.17) is 15.2 Å². The van der Waals surface area contributed by atoms with Crippen molar-refractivity contribution in [3.63, 3.8) is 0 Å². The summed E-state index contributed by atoms with van der Waals surface area (Å²) in [6.45, 7) is 6.10. The lowest BCUT2D eigenvalue weighted by Crippen LogP contribution is -2.32. The second-order valence-corrected chi connectivity index (χ2v) is 5.15.